The molecule has 0 bridgehead atoms. The number of sulfonamides is 1. The third-order valence-electron chi connectivity index (χ3n) is 4.25. The van der Waals surface area contributed by atoms with Gasteiger partial charge < -0.3 is 4.90 Å². The average Bonchev–Trinajstić information content (AvgIpc) is 3.21. The molecule has 0 spiro atoms. The Morgan fingerprint density at radius 1 is 1.36 bits per heavy atom. The summed E-state index contributed by atoms with van der Waals surface area (Å²) in [5, 5.41) is 7.96. The van der Waals surface area contributed by atoms with E-state index in [4.69, 9.17) is 0 Å². The van der Waals surface area contributed by atoms with E-state index in [1.54, 1.807) is 17.0 Å². The van der Waals surface area contributed by atoms with E-state index >= 15 is 0 Å². The Hall–Kier alpha value is -1.65. The molecule has 1 saturated carbocycles. The summed E-state index contributed by atoms with van der Waals surface area (Å²) in [5.74, 6) is 0.310. The fraction of sp³-hybridized carbons (Fsp3) is 0.400. The van der Waals surface area contributed by atoms with Gasteiger partial charge in [0.05, 0.1) is 4.90 Å². The Labute approximate surface area is 153 Å². The lowest BCUT2D eigenvalue weighted by Gasteiger charge is -2.17. The van der Waals surface area contributed by atoms with Crippen LogP contribution < -0.4 is 9.62 Å². The van der Waals surface area contributed by atoms with Crippen molar-refractivity contribution < 1.29 is 13.2 Å². The number of benzene rings is 1. The topological polar surface area (TPSA) is 92.3 Å². The Bertz CT molecular complexity index is 937. The maximum Gasteiger partial charge on any atom is 0.263 e. The number of hydrogen-bond donors (Lipinski definition) is 1. The van der Waals surface area contributed by atoms with Crippen LogP contribution in [0.5, 0.6) is 0 Å². The van der Waals surface area contributed by atoms with Crippen molar-refractivity contribution in [3.05, 3.63) is 23.8 Å². The molecule has 1 aliphatic carbocycles. The molecule has 7 nitrogen and oxygen atoms in total. The van der Waals surface area contributed by atoms with Crippen molar-refractivity contribution in [3.8, 4) is 0 Å². The fourth-order valence-electron chi connectivity index (χ4n) is 2.83. The number of carbonyl (C=O) groups excluding carboxylic acids is 1. The lowest BCUT2D eigenvalue weighted by Crippen LogP contribution is -2.30. The Morgan fingerprint density at radius 2 is 2.16 bits per heavy atom. The van der Waals surface area contributed by atoms with Gasteiger partial charge in [-0.05, 0) is 49.3 Å². The molecule has 1 amide bonds. The van der Waals surface area contributed by atoms with Gasteiger partial charge >= 0.3 is 0 Å². The number of hydrogen-bond acceptors (Lipinski definition) is 7. The molecule has 0 saturated heterocycles. The van der Waals surface area contributed by atoms with Gasteiger partial charge in [0.25, 0.3) is 10.0 Å². The van der Waals surface area contributed by atoms with Crippen LogP contribution in [0.4, 0.5) is 10.8 Å². The summed E-state index contributed by atoms with van der Waals surface area (Å²) >= 11 is 2.60. The third kappa shape index (κ3) is 3.25. The predicted molar refractivity (Wildman–Crippen MR) is 97.7 cm³/mol. The Kier molecular flexibility index (Phi) is 4.20. The standard InChI is InChI=1S/C15H16N4O3S3/c1-23-15-17-16-14(24-15)18-25(21,22)11-4-5-12-10(8-11)6-7-19(12)13(20)9-2-3-9/h4-5,8-9H,2-3,6-7H2,1H3,(H,16,18). The van der Waals surface area contributed by atoms with E-state index in [1.807, 2.05) is 6.26 Å². The van der Waals surface area contributed by atoms with Gasteiger partial charge in [-0.25, -0.2) is 8.42 Å². The van der Waals surface area contributed by atoms with Crippen LogP contribution in [0.1, 0.15) is 18.4 Å². The van der Waals surface area contributed by atoms with Gasteiger partial charge in [-0.3, -0.25) is 9.52 Å². The Balaban J connectivity index is 1.58. The van der Waals surface area contributed by atoms with Gasteiger partial charge in [0.2, 0.25) is 11.0 Å². The first-order valence-corrected chi connectivity index (χ1v) is 11.3. The van der Waals surface area contributed by atoms with Crippen LogP contribution in [-0.2, 0) is 21.2 Å². The van der Waals surface area contributed by atoms with E-state index in [0.717, 1.165) is 24.1 Å². The zero-order chi connectivity index (χ0) is 17.6. The SMILES string of the molecule is CSc1nnc(NS(=O)(=O)c2ccc3c(c2)CCN3C(=O)C2CC2)s1. The van der Waals surface area contributed by atoms with Gasteiger partial charge in [-0.1, -0.05) is 23.1 Å². The van der Waals surface area contributed by atoms with Crippen molar-refractivity contribution in [1.29, 1.82) is 0 Å². The molecule has 1 N–H and O–H groups in total. The van der Waals surface area contributed by atoms with E-state index in [9.17, 15) is 13.2 Å². The van der Waals surface area contributed by atoms with Crippen LogP contribution >= 0.6 is 23.1 Å². The minimum Gasteiger partial charge on any atom is -0.312 e. The first kappa shape index (κ1) is 16.8. The molecule has 2 aliphatic rings. The summed E-state index contributed by atoms with van der Waals surface area (Å²) in [6.45, 7) is 0.620. The van der Waals surface area contributed by atoms with E-state index in [0.29, 0.717) is 17.3 Å². The predicted octanol–water partition coefficient (Wildman–Crippen LogP) is 2.36. The molecule has 0 atom stereocenters. The molecule has 1 aromatic carbocycles. The lowest BCUT2D eigenvalue weighted by molar-refractivity contribution is -0.119. The van der Waals surface area contributed by atoms with Crippen molar-refractivity contribution in [1.82, 2.24) is 10.2 Å². The highest BCUT2D eigenvalue weighted by molar-refractivity contribution is 8.00. The van der Waals surface area contributed by atoms with Crippen LogP contribution in [0.15, 0.2) is 27.4 Å². The van der Waals surface area contributed by atoms with E-state index in [1.165, 1.54) is 29.2 Å². The number of nitrogens with one attached hydrogen (secondary N) is 1. The summed E-state index contributed by atoms with van der Waals surface area (Å²) in [4.78, 5) is 14.3. The molecule has 4 rings (SSSR count). The van der Waals surface area contributed by atoms with Crippen LogP contribution in [0.2, 0.25) is 0 Å². The van der Waals surface area contributed by atoms with Crippen LogP contribution in [0, 0.1) is 5.92 Å². The van der Waals surface area contributed by atoms with Crippen molar-refractivity contribution in [2.75, 3.05) is 22.4 Å². The van der Waals surface area contributed by atoms with Crippen LogP contribution in [0.3, 0.4) is 0 Å². The fourth-order valence-corrected chi connectivity index (χ4v) is 5.28. The monoisotopic (exact) mass is 396 g/mol. The normalized spacial score (nSPS) is 16.8. The number of aromatic nitrogens is 2. The number of thioether (sulfide) groups is 1. The number of rotatable bonds is 5. The van der Waals surface area contributed by atoms with Crippen molar-refractivity contribution >= 4 is 49.8 Å². The Morgan fingerprint density at radius 3 is 2.84 bits per heavy atom. The smallest absolute Gasteiger partial charge is 0.263 e. The molecule has 1 aromatic heterocycles. The van der Waals surface area contributed by atoms with E-state index < -0.39 is 10.0 Å². The van der Waals surface area contributed by atoms with Crippen LogP contribution in [-0.4, -0.2) is 37.3 Å². The summed E-state index contributed by atoms with van der Waals surface area (Å²) in [7, 11) is -3.73. The largest absolute Gasteiger partial charge is 0.312 e. The van der Waals surface area contributed by atoms with Crippen LogP contribution in [0.25, 0.3) is 0 Å². The minimum absolute atomic E-state index is 0.152. The molecule has 132 valence electrons. The van der Waals surface area contributed by atoms with Gasteiger partial charge in [0, 0.05) is 18.2 Å². The summed E-state index contributed by atoms with van der Waals surface area (Å²) in [6, 6.07) is 4.91. The number of amides is 1. The molecular formula is C15H16N4O3S3. The van der Waals surface area contributed by atoms with E-state index in [-0.39, 0.29) is 21.9 Å². The quantitative estimate of drug-likeness (QED) is 0.780. The molecule has 2 aromatic rings. The van der Waals surface area contributed by atoms with Crippen molar-refractivity contribution in [2.45, 2.75) is 28.5 Å². The zero-order valence-corrected chi connectivity index (χ0v) is 15.9. The highest BCUT2D eigenvalue weighted by Crippen LogP contribution is 2.37. The molecule has 10 heteroatoms. The molecule has 0 unspecified atom stereocenters. The average molecular weight is 397 g/mol. The zero-order valence-electron chi connectivity index (χ0n) is 13.4. The second-order valence-corrected chi connectivity index (χ2v) is 9.70. The molecule has 1 aliphatic heterocycles. The first-order valence-electron chi connectivity index (χ1n) is 7.82. The third-order valence-corrected chi connectivity index (χ3v) is 7.53. The number of anilines is 2. The maximum atomic E-state index is 12.6. The highest BCUT2D eigenvalue weighted by atomic mass is 32.2. The first-order chi connectivity index (χ1) is 12.0. The summed E-state index contributed by atoms with van der Waals surface area (Å²) in [6.07, 6.45) is 4.45. The second kappa shape index (κ2) is 6.26. The lowest BCUT2D eigenvalue weighted by atomic mass is 10.2. The number of nitrogens with zero attached hydrogens (tertiary/aromatic N) is 3. The van der Waals surface area contributed by atoms with Gasteiger partial charge in [0.1, 0.15) is 0 Å². The molecule has 1 fully saturated rings. The van der Waals surface area contributed by atoms with E-state index in [2.05, 4.69) is 14.9 Å². The molecule has 0 radical (unpaired) electrons. The highest BCUT2D eigenvalue weighted by Gasteiger charge is 2.36. The van der Waals surface area contributed by atoms with Gasteiger partial charge in [0.15, 0.2) is 4.34 Å². The molecular weight excluding hydrogens is 380 g/mol. The van der Waals surface area contributed by atoms with Crippen molar-refractivity contribution in [3.63, 3.8) is 0 Å². The molecule has 25 heavy (non-hydrogen) atoms. The van der Waals surface area contributed by atoms with Crippen molar-refractivity contribution in [2.24, 2.45) is 5.92 Å². The van der Waals surface area contributed by atoms with Gasteiger partial charge in [-0.2, -0.15) is 0 Å². The number of carbonyl (C=O) groups is 1. The summed E-state index contributed by atoms with van der Waals surface area (Å²) < 4.78 is 28.3. The minimum atomic E-state index is -3.73. The maximum absolute atomic E-state index is 12.6. The van der Waals surface area contributed by atoms with Gasteiger partial charge in [-0.15, -0.1) is 10.2 Å². The second-order valence-electron chi connectivity index (χ2n) is 5.99. The summed E-state index contributed by atoms with van der Waals surface area (Å²) in [5.41, 5.74) is 1.72. The number of fused-ring (bicyclic) bond motifs is 1. The molecule has 2 heterocycles.